The number of anilines is 1. The van der Waals surface area contributed by atoms with Gasteiger partial charge >= 0.3 is 0 Å². The van der Waals surface area contributed by atoms with E-state index in [1.807, 2.05) is 20.8 Å². The fourth-order valence-electron chi connectivity index (χ4n) is 2.47. The molecular formula is C13H19FN2O3S. The third-order valence-corrected chi connectivity index (χ3v) is 5.01. The zero-order valence-corrected chi connectivity index (χ0v) is 12.6. The van der Waals surface area contributed by atoms with E-state index < -0.39 is 21.4 Å². The minimum absolute atomic E-state index is 0.0659. The highest BCUT2D eigenvalue weighted by Gasteiger charge is 2.38. The maximum atomic E-state index is 13.1. The van der Waals surface area contributed by atoms with Crippen LogP contribution in [0.15, 0.2) is 23.1 Å². The van der Waals surface area contributed by atoms with Gasteiger partial charge in [0.2, 0.25) is 10.0 Å². The molecule has 1 aliphatic rings. The van der Waals surface area contributed by atoms with E-state index in [0.717, 1.165) is 12.1 Å². The molecule has 1 aromatic rings. The highest BCUT2D eigenvalue weighted by atomic mass is 32.2. The van der Waals surface area contributed by atoms with Crippen molar-refractivity contribution < 1.29 is 17.5 Å². The summed E-state index contributed by atoms with van der Waals surface area (Å²) in [6, 6.07) is 3.31. The SMILES string of the molecule is CC1CN(S(=O)(=O)c2ccc(F)cc2N)CC(C)(C)O1. The molecule has 20 heavy (non-hydrogen) atoms. The van der Waals surface area contributed by atoms with Crippen molar-refractivity contribution in [1.29, 1.82) is 0 Å². The molecular weight excluding hydrogens is 283 g/mol. The van der Waals surface area contributed by atoms with E-state index in [1.54, 1.807) is 0 Å². The second-order valence-electron chi connectivity index (χ2n) is 5.67. The number of hydrogen-bond donors (Lipinski definition) is 1. The van der Waals surface area contributed by atoms with Gasteiger partial charge in [0.25, 0.3) is 0 Å². The molecule has 1 aromatic carbocycles. The highest BCUT2D eigenvalue weighted by molar-refractivity contribution is 7.89. The van der Waals surface area contributed by atoms with Crippen LogP contribution in [0.4, 0.5) is 10.1 Å². The van der Waals surface area contributed by atoms with Crippen LogP contribution in [0, 0.1) is 5.82 Å². The molecule has 0 aliphatic carbocycles. The third-order valence-electron chi connectivity index (χ3n) is 3.13. The van der Waals surface area contributed by atoms with Crippen LogP contribution in [0.3, 0.4) is 0 Å². The van der Waals surface area contributed by atoms with Crippen LogP contribution in [0.1, 0.15) is 20.8 Å². The van der Waals surface area contributed by atoms with Crippen molar-refractivity contribution in [2.45, 2.75) is 37.4 Å². The summed E-state index contributed by atoms with van der Waals surface area (Å²) in [5, 5.41) is 0. The van der Waals surface area contributed by atoms with Crippen molar-refractivity contribution in [3.05, 3.63) is 24.0 Å². The summed E-state index contributed by atoms with van der Waals surface area (Å²) in [7, 11) is -3.75. The number of sulfonamides is 1. The number of nitrogens with two attached hydrogens (primary N) is 1. The minimum atomic E-state index is -3.75. The minimum Gasteiger partial charge on any atom is -0.398 e. The number of nitrogen functional groups attached to an aromatic ring is 1. The quantitative estimate of drug-likeness (QED) is 0.842. The Morgan fingerprint density at radius 3 is 2.65 bits per heavy atom. The predicted molar refractivity (Wildman–Crippen MR) is 74.2 cm³/mol. The average Bonchev–Trinajstić information content (AvgIpc) is 2.25. The van der Waals surface area contributed by atoms with Gasteiger partial charge in [-0.1, -0.05) is 0 Å². The topological polar surface area (TPSA) is 72.6 Å². The van der Waals surface area contributed by atoms with Gasteiger partial charge in [0.1, 0.15) is 10.7 Å². The third kappa shape index (κ3) is 2.94. The van der Waals surface area contributed by atoms with E-state index in [1.165, 1.54) is 10.4 Å². The van der Waals surface area contributed by atoms with Crippen LogP contribution < -0.4 is 5.73 Å². The molecule has 0 bridgehead atoms. The number of hydrogen-bond acceptors (Lipinski definition) is 4. The van der Waals surface area contributed by atoms with Crippen LogP contribution in [-0.4, -0.2) is 37.5 Å². The normalized spacial score (nSPS) is 23.7. The van der Waals surface area contributed by atoms with Gasteiger partial charge in [-0.25, -0.2) is 12.8 Å². The molecule has 1 unspecified atom stereocenters. The molecule has 1 saturated heterocycles. The number of nitrogens with zero attached hydrogens (tertiary/aromatic N) is 1. The van der Waals surface area contributed by atoms with Gasteiger partial charge in [-0.15, -0.1) is 0 Å². The van der Waals surface area contributed by atoms with E-state index in [0.29, 0.717) is 0 Å². The number of halogens is 1. The zero-order chi connectivity index (χ0) is 15.1. The lowest BCUT2D eigenvalue weighted by Gasteiger charge is -2.40. The van der Waals surface area contributed by atoms with Crippen molar-refractivity contribution in [3.63, 3.8) is 0 Å². The summed E-state index contributed by atoms with van der Waals surface area (Å²) in [6.07, 6.45) is -0.213. The molecule has 0 radical (unpaired) electrons. The Morgan fingerprint density at radius 2 is 2.10 bits per heavy atom. The molecule has 0 spiro atoms. The average molecular weight is 302 g/mol. The van der Waals surface area contributed by atoms with E-state index >= 15 is 0 Å². The first-order chi connectivity index (χ1) is 9.12. The number of morpholine rings is 1. The van der Waals surface area contributed by atoms with E-state index in [2.05, 4.69) is 0 Å². The number of rotatable bonds is 2. The first kappa shape index (κ1) is 15.2. The first-order valence-electron chi connectivity index (χ1n) is 6.35. The summed E-state index contributed by atoms with van der Waals surface area (Å²) in [4.78, 5) is -0.0659. The van der Waals surface area contributed by atoms with Crippen molar-refractivity contribution in [2.75, 3.05) is 18.8 Å². The summed E-state index contributed by atoms with van der Waals surface area (Å²) in [5.74, 6) is -0.558. The zero-order valence-electron chi connectivity index (χ0n) is 11.8. The van der Waals surface area contributed by atoms with E-state index in [9.17, 15) is 12.8 Å². The van der Waals surface area contributed by atoms with Crippen LogP contribution in [0.25, 0.3) is 0 Å². The van der Waals surface area contributed by atoms with Crippen LogP contribution in [-0.2, 0) is 14.8 Å². The molecule has 2 rings (SSSR count). The highest BCUT2D eigenvalue weighted by Crippen LogP contribution is 2.29. The maximum absolute atomic E-state index is 13.1. The second-order valence-corrected chi connectivity index (χ2v) is 7.57. The van der Waals surface area contributed by atoms with Gasteiger partial charge in [-0.3, -0.25) is 0 Å². The molecule has 112 valence electrons. The molecule has 2 N–H and O–H groups in total. The van der Waals surface area contributed by atoms with Gasteiger partial charge in [0, 0.05) is 13.1 Å². The summed E-state index contributed by atoms with van der Waals surface area (Å²) < 4.78 is 45.3. The van der Waals surface area contributed by atoms with Crippen molar-refractivity contribution in [2.24, 2.45) is 0 Å². The summed E-state index contributed by atoms with van der Waals surface area (Å²) in [5.41, 5.74) is 4.99. The first-order valence-corrected chi connectivity index (χ1v) is 7.79. The molecule has 0 saturated carbocycles. The summed E-state index contributed by atoms with van der Waals surface area (Å²) >= 11 is 0. The lowest BCUT2D eigenvalue weighted by molar-refractivity contribution is -0.109. The lowest BCUT2D eigenvalue weighted by atomic mass is 10.1. The fourth-order valence-corrected chi connectivity index (χ4v) is 4.23. The second kappa shape index (κ2) is 4.98. The Morgan fingerprint density at radius 1 is 1.45 bits per heavy atom. The fraction of sp³-hybridized carbons (Fsp3) is 0.538. The molecule has 1 heterocycles. The van der Waals surface area contributed by atoms with E-state index in [4.69, 9.17) is 10.5 Å². The van der Waals surface area contributed by atoms with Crippen molar-refractivity contribution in [1.82, 2.24) is 4.31 Å². The number of benzene rings is 1. The van der Waals surface area contributed by atoms with Crippen molar-refractivity contribution >= 4 is 15.7 Å². The van der Waals surface area contributed by atoms with Gasteiger partial charge < -0.3 is 10.5 Å². The Hall–Kier alpha value is -1.18. The van der Waals surface area contributed by atoms with Crippen molar-refractivity contribution in [3.8, 4) is 0 Å². The Kier molecular flexibility index (Phi) is 3.79. The summed E-state index contributed by atoms with van der Waals surface area (Å²) in [6.45, 7) is 5.97. The van der Waals surface area contributed by atoms with E-state index in [-0.39, 0.29) is 29.8 Å². The largest absolute Gasteiger partial charge is 0.398 e. The monoisotopic (exact) mass is 302 g/mol. The van der Waals surface area contributed by atoms with Crippen LogP contribution >= 0.6 is 0 Å². The van der Waals surface area contributed by atoms with Gasteiger partial charge in [-0.05, 0) is 39.0 Å². The Bertz CT molecular complexity index is 616. The molecule has 1 fully saturated rings. The van der Waals surface area contributed by atoms with Gasteiger partial charge in [0.15, 0.2) is 0 Å². The molecule has 1 atom stereocenters. The molecule has 0 amide bonds. The standard InChI is InChI=1S/C13H19FN2O3S/c1-9-7-16(8-13(2,3)19-9)20(17,18)12-5-4-10(14)6-11(12)15/h4-6,9H,7-8,15H2,1-3H3. The van der Waals surface area contributed by atoms with Crippen LogP contribution in [0.2, 0.25) is 0 Å². The molecule has 1 aliphatic heterocycles. The molecule has 5 nitrogen and oxygen atoms in total. The van der Waals surface area contributed by atoms with Gasteiger partial charge in [-0.2, -0.15) is 4.31 Å². The Balaban J connectivity index is 2.39. The molecule has 0 aromatic heterocycles. The number of ether oxygens (including phenoxy) is 1. The smallest absolute Gasteiger partial charge is 0.245 e. The van der Waals surface area contributed by atoms with Crippen LogP contribution in [0.5, 0.6) is 0 Å². The maximum Gasteiger partial charge on any atom is 0.245 e. The molecule has 7 heteroatoms. The van der Waals surface area contributed by atoms with Gasteiger partial charge in [0.05, 0.1) is 17.4 Å². The predicted octanol–water partition coefficient (Wildman–Crippen LogP) is 1.60. The lowest BCUT2D eigenvalue weighted by Crippen LogP contribution is -2.53. The Labute approximate surface area is 118 Å².